The zero-order chi connectivity index (χ0) is 22.4. The third-order valence-corrected chi connectivity index (χ3v) is 5.34. The molecule has 0 saturated carbocycles. The van der Waals surface area contributed by atoms with Gasteiger partial charge in [-0.25, -0.2) is 4.79 Å². The number of carbonyl (C=O) groups excluding carboxylic acids is 2. The first-order valence-electron chi connectivity index (χ1n) is 10.1. The minimum Gasteiger partial charge on any atom is -0.481 e. The maximum atomic E-state index is 12.2. The number of hydrogen-bond acceptors (Lipinski definition) is 4. The minimum atomic E-state index is -0.960. The molecule has 0 saturated heterocycles. The van der Waals surface area contributed by atoms with Crippen molar-refractivity contribution in [3.05, 3.63) is 71.3 Å². The topological polar surface area (TPSA) is 95.9 Å². The summed E-state index contributed by atoms with van der Waals surface area (Å²) < 4.78 is 5.45. The van der Waals surface area contributed by atoms with Crippen LogP contribution in [0.2, 0.25) is 0 Å². The third kappa shape index (κ3) is 5.31. The highest BCUT2D eigenvalue weighted by molar-refractivity contribution is 5.92. The van der Waals surface area contributed by atoms with Crippen LogP contribution in [0.3, 0.4) is 0 Å². The standard InChI is InChI=1S/C24H26N2O5/c1-16(23(29)26(2)14-12-22(27)28)11-13-25-24(30)31-15-21-19-9-5-3-7-17(19)18-8-4-6-10-20(18)21/h3-11,21H,12-15H2,1-2H3,(H,25,30)(H,27,28)/b16-11+. The maximum Gasteiger partial charge on any atom is 0.407 e. The number of rotatable bonds is 8. The van der Waals surface area contributed by atoms with E-state index in [1.807, 2.05) is 24.3 Å². The Bertz CT molecular complexity index is 969. The van der Waals surface area contributed by atoms with Crippen molar-refractivity contribution in [2.45, 2.75) is 19.3 Å². The van der Waals surface area contributed by atoms with Crippen LogP contribution < -0.4 is 5.32 Å². The van der Waals surface area contributed by atoms with Gasteiger partial charge in [0.1, 0.15) is 6.61 Å². The second-order valence-corrected chi connectivity index (χ2v) is 7.46. The fourth-order valence-electron chi connectivity index (χ4n) is 3.69. The number of nitrogens with zero attached hydrogens (tertiary/aromatic N) is 1. The highest BCUT2D eigenvalue weighted by Gasteiger charge is 2.28. The normalized spacial score (nSPS) is 12.6. The van der Waals surface area contributed by atoms with Crippen molar-refractivity contribution < 1.29 is 24.2 Å². The number of benzene rings is 2. The zero-order valence-electron chi connectivity index (χ0n) is 17.6. The van der Waals surface area contributed by atoms with Crippen LogP contribution in [0.4, 0.5) is 4.79 Å². The molecule has 0 radical (unpaired) electrons. The van der Waals surface area contributed by atoms with Crippen molar-refractivity contribution in [2.75, 3.05) is 26.7 Å². The van der Waals surface area contributed by atoms with Crippen molar-refractivity contribution in [1.82, 2.24) is 10.2 Å². The summed E-state index contributed by atoms with van der Waals surface area (Å²) in [5.41, 5.74) is 5.03. The van der Waals surface area contributed by atoms with Gasteiger partial charge in [0.2, 0.25) is 5.91 Å². The Hall–Kier alpha value is -3.61. The van der Waals surface area contributed by atoms with Gasteiger partial charge >= 0.3 is 12.1 Å². The van der Waals surface area contributed by atoms with Gasteiger partial charge in [-0.3, -0.25) is 9.59 Å². The van der Waals surface area contributed by atoms with Gasteiger partial charge in [0.15, 0.2) is 0 Å². The Balaban J connectivity index is 1.51. The van der Waals surface area contributed by atoms with Crippen LogP contribution in [-0.4, -0.2) is 54.7 Å². The van der Waals surface area contributed by atoms with Crippen LogP contribution in [0, 0.1) is 0 Å². The SMILES string of the molecule is C/C(=C\CNC(=O)OCC1c2ccccc2-c2ccccc21)C(=O)N(C)CCC(=O)O. The van der Waals surface area contributed by atoms with Crippen LogP contribution in [0.1, 0.15) is 30.4 Å². The molecule has 0 spiro atoms. The Morgan fingerprint density at radius 1 is 1.06 bits per heavy atom. The lowest BCUT2D eigenvalue weighted by Gasteiger charge is -2.16. The Kier molecular flexibility index (Phi) is 7.07. The van der Waals surface area contributed by atoms with Crippen molar-refractivity contribution >= 4 is 18.0 Å². The smallest absolute Gasteiger partial charge is 0.407 e. The number of ether oxygens (including phenoxy) is 1. The number of carboxylic acid groups (broad SMARTS) is 1. The minimum absolute atomic E-state index is 0.0140. The van der Waals surface area contributed by atoms with Gasteiger partial charge in [0.25, 0.3) is 0 Å². The fraction of sp³-hybridized carbons (Fsp3) is 0.292. The molecular formula is C24H26N2O5. The Morgan fingerprint density at radius 3 is 2.23 bits per heavy atom. The van der Waals surface area contributed by atoms with E-state index < -0.39 is 12.1 Å². The molecule has 0 atom stereocenters. The van der Waals surface area contributed by atoms with Crippen molar-refractivity contribution in [1.29, 1.82) is 0 Å². The molecular weight excluding hydrogens is 396 g/mol. The number of aliphatic carboxylic acids is 1. The molecule has 0 unspecified atom stereocenters. The monoisotopic (exact) mass is 422 g/mol. The average Bonchev–Trinajstić information content (AvgIpc) is 3.09. The molecule has 0 aromatic heterocycles. The molecule has 0 fully saturated rings. The second-order valence-electron chi connectivity index (χ2n) is 7.46. The Morgan fingerprint density at radius 2 is 1.65 bits per heavy atom. The third-order valence-electron chi connectivity index (χ3n) is 5.34. The van der Waals surface area contributed by atoms with E-state index in [0.29, 0.717) is 5.57 Å². The van der Waals surface area contributed by atoms with E-state index in [9.17, 15) is 14.4 Å². The zero-order valence-corrected chi connectivity index (χ0v) is 17.6. The lowest BCUT2D eigenvalue weighted by Crippen LogP contribution is -2.30. The fourth-order valence-corrected chi connectivity index (χ4v) is 3.69. The molecule has 2 aromatic carbocycles. The quantitative estimate of drug-likeness (QED) is 0.636. The number of likely N-dealkylation sites (N-methyl/N-ethyl adjacent to an activating group) is 1. The first-order valence-corrected chi connectivity index (χ1v) is 10.1. The number of alkyl carbamates (subject to hydrolysis) is 1. The number of carboxylic acids is 1. The highest BCUT2D eigenvalue weighted by Crippen LogP contribution is 2.44. The van der Waals surface area contributed by atoms with Crippen molar-refractivity contribution in [2.24, 2.45) is 0 Å². The number of amides is 2. The summed E-state index contributed by atoms with van der Waals surface area (Å²) in [7, 11) is 1.54. The summed E-state index contributed by atoms with van der Waals surface area (Å²) in [5, 5.41) is 11.3. The van der Waals surface area contributed by atoms with E-state index in [-0.39, 0.29) is 37.9 Å². The van der Waals surface area contributed by atoms with E-state index >= 15 is 0 Å². The molecule has 2 amide bonds. The number of nitrogens with one attached hydrogen (secondary N) is 1. The summed E-state index contributed by atoms with van der Waals surface area (Å²) in [4.78, 5) is 36.3. The van der Waals surface area contributed by atoms with Gasteiger partial charge in [-0.1, -0.05) is 54.6 Å². The van der Waals surface area contributed by atoms with Crippen LogP contribution in [0.15, 0.2) is 60.2 Å². The molecule has 162 valence electrons. The van der Waals surface area contributed by atoms with Gasteiger partial charge in [-0.15, -0.1) is 0 Å². The highest BCUT2D eigenvalue weighted by atomic mass is 16.5. The van der Waals surface area contributed by atoms with E-state index in [2.05, 4.69) is 29.6 Å². The summed E-state index contributed by atoms with van der Waals surface area (Å²) in [6, 6.07) is 16.2. The van der Waals surface area contributed by atoms with Crippen molar-refractivity contribution in [3.8, 4) is 11.1 Å². The molecule has 0 bridgehead atoms. The molecule has 2 N–H and O–H groups in total. The molecule has 31 heavy (non-hydrogen) atoms. The van der Waals surface area contributed by atoms with Gasteiger partial charge in [-0.05, 0) is 29.2 Å². The van der Waals surface area contributed by atoms with Crippen LogP contribution in [0.5, 0.6) is 0 Å². The molecule has 7 nitrogen and oxygen atoms in total. The van der Waals surface area contributed by atoms with Crippen LogP contribution >= 0.6 is 0 Å². The van der Waals surface area contributed by atoms with Gasteiger partial charge in [0.05, 0.1) is 6.42 Å². The van der Waals surface area contributed by atoms with Gasteiger partial charge in [0, 0.05) is 31.6 Å². The molecule has 0 heterocycles. The van der Waals surface area contributed by atoms with Crippen LogP contribution in [0.25, 0.3) is 11.1 Å². The number of hydrogen-bond donors (Lipinski definition) is 2. The molecule has 0 aliphatic heterocycles. The molecule has 1 aliphatic rings. The molecule has 2 aromatic rings. The largest absolute Gasteiger partial charge is 0.481 e. The number of carbonyl (C=O) groups is 3. The summed E-state index contributed by atoms with van der Waals surface area (Å²) in [6.45, 7) is 2.11. The number of fused-ring (bicyclic) bond motifs is 3. The summed E-state index contributed by atoms with van der Waals surface area (Å²) in [5.74, 6) is -1.26. The predicted octanol–water partition coefficient (Wildman–Crippen LogP) is 3.40. The Labute approximate surface area is 181 Å². The summed E-state index contributed by atoms with van der Waals surface area (Å²) in [6.07, 6.45) is 0.909. The van der Waals surface area contributed by atoms with Gasteiger partial charge in [-0.2, -0.15) is 0 Å². The average molecular weight is 422 g/mol. The maximum absolute atomic E-state index is 12.2. The lowest BCUT2D eigenvalue weighted by molar-refractivity contribution is -0.137. The summed E-state index contributed by atoms with van der Waals surface area (Å²) >= 11 is 0. The molecule has 1 aliphatic carbocycles. The van der Waals surface area contributed by atoms with E-state index in [4.69, 9.17) is 9.84 Å². The van der Waals surface area contributed by atoms with Crippen molar-refractivity contribution in [3.63, 3.8) is 0 Å². The molecule has 3 rings (SSSR count). The molecule has 7 heteroatoms. The second kappa shape index (κ2) is 9.93. The van der Waals surface area contributed by atoms with Crippen LogP contribution in [-0.2, 0) is 14.3 Å². The van der Waals surface area contributed by atoms with E-state index in [1.54, 1.807) is 20.0 Å². The van der Waals surface area contributed by atoms with Gasteiger partial charge < -0.3 is 20.1 Å². The predicted molar refractivity (Wildman–Crippen MR) is 117 cm³/mol. The first kappa shape index (κ1) is 22.1. The van der Waals surface area contributed by atoms with E-state index in [0.717, 1.165) is 22.3 Å². The lowest BCUT2D eigenvalue weighted by atomic mass is 9.98. The first-order chi connectivity index (χ1) is 14.9. The van der Waals surface area contributed by atoms with E-state index in [1.165, 1.54) is 4.90 Å².